The zero-order valence-corrected chi connectivity index (χ0v) is 8.69. The number of thioether (sulfide) groups is 1. The van der Waals surface area contributed by atoms with Crippen LogP contribution in [0, 0.1) is 0 Å². The van der Waals surface area contributed by atoms with Gasteiger partial charge in [0.1, 0.15) is 0 Å². The van der Waals surface area contributed by atoms with Gasteiger partial charge in [0.25, 0.3) is 0 Å². The van der Waals surface area contributed by atoms with Crippen LogP contribution in [-0.4, -0.2) is 23.6 Å². The second kappa shape index (κ2) is 5.34. The van der Waals surface area contributed by atoms with Gasteiger partial charge in [0.05, 0.1) is 0 Å². The van der Waals surface area contributed by atoms with Crippen LogP contribution in [0.1, 0.15) is 25.7 Å². The summed E-state index contributed by atoms with van der Waals surface area (Å²) < 4.78 is 0. The van der Waals surface area contributed by atoms with E-state index in [4.69, 9.17) is 5.84 Å². The van der Waals surface area contributed by atoms with E-state index in [-0.39, 0.29) is 12.1 Å². The Morgan fingerprint density at radius 2 is 2.15 bits per heavy atom. The molecule has 4 nitrogen and oxygen atoms in total. The summed E-state index contributed by atoms with van der Waals surface area (Å²) >= 11 is 1.82. The van der Waals surface area contributed by atoms with Crippen LogP contribution in [0.3, 0.4) is 0 Å². The lowest BCUT2D eigenvalue weighted by molar-refractivity contribution is 0.233. The van der Waals surface area contributed by atoms with Crippen LogP contribution < -0.4 is 16.6 Å². The minimum Gasteiger partial charge on any atom is -0.333 e. The summed E-state index contributed by atoms with van der Waals surface area (Å²) in [5.74, 6) is 5.01. The fraction of sp³-hybridized carbons (Fsp3) is 0.875. The minimum atomic E-state index is -0.272. The van der Waals surface area contributed by atoms with Gasteiger partial charge in [-0.3, -0.25) is 5.43 Å². The molecule has 0 aliphatic heterocycles. The smallest absolute Gasteiger partial charge is 0.329 e. The number of rotatable bonds is 2. The van der Waals surface area contributed by atoms with E-state index in [0.29, 0.717) is 5.25 Å². The molecule has 0 saturated heterocycles. The van der Waals surface area contributed by atoms with Crippen LogP contribution in [0.5, 0.6) is 0 Å². The largest absolute Gasteiger partial charge is 0.333 e. The van der Waals surface area contributed by atoms with Crippen LogP contribution in [0.2, 0.25) is 0 Å². The van der Waals surface area contributed by atoms with Crippen molar-refractivity contribution < 1.29 is 4.79 Å². The fourth-order valence-corrected chi connectivity index (χ4v) is 2.69. The number of amides is 2. The van der Waals surface area contributed by atoms with Gasteiger partial charge in [-0.05, 0) is 19.1 Å². The van der Waals surface area contributed by atoms with E-state index in [2.05, 4.69) is 17.0 Å². The van der Waals surface area contributed by atoms with E-state index >= 15 is 0 Å². The second-order valence-electron chi connectivity index (χ2n) is 3.28. The predicted octanol–water partition coefficient (Wildman–Crippen LogP) is 0.834. The van der Waals surface area contributed by atoms with E-state index < -0.39 is 0 Å². The van der Waals surface area contributed by atoms with Crippen molar-refractivity contribution in [2.24, 2.45) is 5.84 Å². The summed E-state index contributed by atoms with van der Waals surface area (Å²) in [7, 11) is 0. The zero-order valence-electron chi connectivity index (χ0n) is 7.88. The lowest BCUT2D eigenvalue weighted by Gasteiger charge is -2.30. The highest BCUT2D eigenvalue weighted by Gasteiger charge is 2.25. The number of nitrogens with one attached hydrogen (secondary N) is 2. The van der Waals surface area contributed by atoms with Gasteiger partial charge in [0.15, 0.2) is 0 Å². The van der Waals surface area contributed by atoms with Crippen LogP contribution in [-0.2, 0) is 0 Å². The maximum atomic E-state index is 11.0. The molecule has 1 rings (SSSR count). The third-order valence-electron chi connectivity index (χ3n) is 2.45. The Kier molecular flexibility index (Phi) is 4.38. The van der Waals surface area contributed by atoms with Gasteiger partial charge in [-0.15, -0.1) is 0 Å². The van der Waals surface area contributed by atoms with E-state index in [1.165, 1.54) is 19.3 Å². The molecule has 1 fully saturated rings. The third kappa shape index (κ3) is 3.08. The molecule has 0 heterocycles. The molecule has 0 bridgehead atoms. The maximum absolute atomic E-state index is 11.0. The van der Waals surface area contributed by atoms with Gasteiger partial charge in [0.2, 0.25) is 0 Å². The number of hydrazine groups is 1. The van der Waals surface area contributed by atoms with Crippen molar-refractivity contribution in [1.29, 1.82) is 0 Å². The van der Waals surface area contributed by atoms with Gasteiger partial charge >= 0.3 is 6.03 Å². The number of carbonyl (C=O) groups excluding carboxylic acids is 1. The Labute approximate surface area is 83.0 Å². The summed E-state index contributed by atoms with van der Waals surface area (Å²) in [5, 5.41) is 3.42. The SMILES string of the molecule is CSC1CCCCC1NC(=O)NN. The van der Waals surface area contributed by atoms with Crippen molar-refractivity contribution in [3.8, 4) is 0 Å². The van der Waals surface area contributed by atoms with Crippen molar-refractivity contribution in [1.82, 2.24) is 10.7 Å². The standard InChI is InChI=1S/C8H17N3OS/c1-13-7-5-3-2-4-6(7)10-8(12)11-9/h6-7H,2-5,9H2,1H3,(H2,10,11,12). The number of carbonyl (C=O) groups is 1. The van der Waals surface area contributed by atoms with Crippen LogP contribution in [0.15, 0.2) is 0 Å². The molecule has 0 spiro atoms. The molecule has 2 amide bonds. The Morgan fingerprint density at radius 1 is 1.46 bits per heavy atom. The molecule has 0 aromatic rings. The van der Waals surface area contributed by atoms with Crippen molar-refractivity contribution in [2.75, 3.05) is 6.26 Å². The first-order chi connectivity index (χ1) is 6.27. The molecule has 0 aromatic carbocycles. The van der Waals surface area contributed by atoms with Crippen LogP contribution in [0.25, 0.3) is 0 Å². The molecule has 0 aromatic heterocycles. The first-order valence-electron chi connectivity index (χ1n) is 4.58. The van der Waals surface area contributed by atoms with Gasteiger partial charge in [0, 0.05) is 11.3 Å². The molecule has 2 unspecified atom stereocenters. The lowest BCUT2D eigenvalue weighted by Crippen LogP contribution is -2.49. The summed E-state index contributed by atoms with van der Waals surface area (Å²) in [5.41, 5.74) is 2.10. The molecule has 1 aliphatic carbocycles. The second-order valence-corrected chi connectivity index (χ2v) is 4.36. The summed E-state index contributed by atoms with van der Waals surface area (Å²) in [4.78, 5) is 11.0. The molecule has 13 heavy (non-hydrogen) atoms. The number of urea groups is 1. The Hall–Kier alpha value is -0.420. The van der Waals surface area contributed by atoms with Crippen molar-refractivity contribution in [3.05, 3.63) is 0 Å². The van der Waals surface area contributed by atoms with E-state index in [1.54, 1.807) is 0 Å². The van der Waals surface area contributed by atoms with Gasteiger partial charge in [-0.1, -0.05) is 12.8 Å². The fourth-order valence-electron chi connectivity index (χ4n) is 1.75. The van der Waals surface area contributed by atoms with E-state index in [0.717, 1.165) is 6.42 Å². The number of hydrogen-bond acceptors (Lipinski definition) is 3. The number of nitrogens with two attached hydrogens (primary N) is 1. The Bertz CT molecular complexity index is 177. The minimum absolute atomic E-state index is 0.272. The predicted molar refractivity (Wildman–Crippen MR) is 55.4 cm³/mol. The quantitative estimate of drug-likeness (QED) is 0.354. The van der Waals surface area contributed by atoms with E-state index in [1.807, 2.05) is 11.8 Å². The van der Waals surface area contributed by atoms with Crippen molar-refractivity contribution >= 4 is 17.8 Å². The molecule has 76 valence electrons. The average Bonchev–Trinajstić information content (AvgIpc) is 2.18. The molecule has 4 N–H and O–H groups in total. The molecule has 1 saturated carbocycles. The summed E-state index contributed by atoms with van der Waals surface area (Å²) in [6.07, 6.45) is 6.82. The summed E-state index contributed by atoms with van der Waals surface area (Å²) in [6, 6.07) is 0.0123. The first kappa shape index (κ1) is 10.7. The topological polar surface area (TPSA) is 67.2 Å². The normalized spacial score (nSPS) is 28.2. The summed E-state index contributed by atoms with van der Waals surface area (Å²) in [6.45, 7) is 0. The molecule has 2 atom stereocenters. The van der Waals surface area contributed by atoms with E-state index in [9.17, 15) is 4.79 Å². The number of hydrogen-bond donors (Lipinski definition) is 3. The molecular formula is C8H17N3OS. The van der Waals surface area contributed by atoms with Crippen LogP contribution >= 0.6 is 11.8 Å². The molecule has 1 aliphatic rings. The van der Waals surface area contributed by atoms with Crippen molar-refractivity contribution in [3.63, 3.8) is 0 Å². The zero-order chi connectivity index (χ0) is 9.68. The van der Waals surface area contributed by atoms with Crippen LogP contribution in [0.4, 0.5) is 4.79 Å². The van der Waals surface area contributed by atoms with Gasteiger partial charge in [-0.2, -0.15) is 11.8 Å². The molecular weight excluding hydrogens is 186 g/mol. The average molecular weight is 203 g/mol. The van der Waals surface area contributed by atoms with Gasteiger partial charge in [-0.25, -0.2) is 10.6 Å². The first-order valence-corrected chi connectivity index (χ1v) is 5.86. The highest BCUT2D eigenvalue weighted by molar-refractivity contribution is 7.99. The highest BCUT2D eigenvalue weighted by atomic mass is 32.2. The monoisotopic (exact) mass is 203 g/mol. The maximum Gasteiger partial charge on any atom is 0.329 e. The lowest BCUT2D eigenvalue weighted by atomic mass is 9.95. The van der Waals surface area contributed by atoms with Gasteiger partial charge < -0.3 is 5.32 Å². The molecule has 5 heteroatoms. The Morgan fingerprint density at radius 3 is 2.77 bits per heavy atom. The Balaban J connectivity index is 2.40. The molecule has 0 radical (unpaired) electrons. The highest BCUT2D eigenvalue weighted by Crippen LogP contribution is 2.26. The third-order valence-corrected chi connectivity index (χ3v) is 3.62. The van der Waals surface area contributed by atoms with Crippen molar-refractivity contribution in [2.45, 2.75) is 37.0 Å².